The molecule has 8 rings (SSSR count). The van der Waals surface area contributed by atoms with Crippen LogP contribution < -0.4 is 4.74 Å². The van der Waals surface area contributed by atoms with Crippen LogP contribution >= 0.6 is 0 Å². The number of nitrogens with zero attached hydrogens (tertiary/aromatic N) is 3. The molecule has 1 aliphatic carbocycles. The number of fused-ring (bicyclic) bond motifs is 6. The smallest absolute Gasteiger partial charge is 0.217 e. The Morgan fingerprint density at radius 2 is 1.58 bits per heavy atom. The molecule has 0 spiro atoms. The molecule has 1 aliphatic heterocycles. The van der Waals surface area contributed by atoms with Gasteiger partial charge in [-0.15, -0.1) is 0 Å². The Labute approximate surface area is 219 Å². The number of rotatable bonds is 4. The number of pyridine rings is 1. The molecular weight excluding hydrogens is 470 g/mol. The molecule has 4 aromatic carbocycles. The predicted molar refractivity (Wildman–Crippen MR) is 149 cm³/mol. The SMILES string of the molecule is c1ccc(-n2c3ccccc3c3ccc(Oc4cccc(C5=N[C@@H]6c7ccccc7C[C@@H]6O5)c4)cc32)nc1. The second-order valence-corrected chi connectivity index (χ2v) is 9.79. The van der Waals surface area contributed by atoms with Gasteiger partial charge in [-0.25, -0.2) is 9.98 Å². The van der Waals surface area contributed by atoms with Gasteiger partial charge in [0.15, 0.2) is 0 Å². The Morgan fingerprint density at radius 1 is 0.737 bits per heavy atom. The van der Waals surface area contributed by atoms with Gasteiger partial charge in [0.2, 0.25) is 5.90 Å². The van der Waals surface area contributed by atoms with Crippen molar-refractivity contribution >= 4 is 27.7 Å². The minimum Gasteiger partial charge on any atom is -0.471 e. The third-order valence-electron chi connectivity index (χ3n) is 7.51. The fourth-order valence-electron chi connectivity index (χ4n) is 5.81. The van der Waals surface area contributed by atoms with E-state index in [1.165, 1.54) is 16.5 Å². The molecule has 0 radical (unpaired) electrons. The molecule has 0 fully saturated rings. The standard InChI is InChI=1S/C33H23N3O2/c1-2-11-25-21(8-1)19-30-32(25)35-33(38-30)22-9-7-10-23(18-22)37-24-15-16-27-26-12-3-4-13-28(26)36(29(27)20-24)31-14-5-6-17-34-31/h1-18,20,30,32H,19H2/t30-,32+/m0/s1. The van der Waals surface area contributed by atoms with Crippen LogP contribution in [0.2, 0.25) is 0 Å². The molecule has 2 aromatic heterocycles. The van der Waals surface area contributed by atoms with Crippen LogP contribution in [-0.4, -0.2) is 21.6 Å². The van der Waals surface area contributed by atoms with Crippen LogP contribution in [0.15, 0.2) is 120 Å². The first-order chi connectivity index (χ1) is 18.8. The van der Waals surface area contributed by atoms with Crippen molar-refractivity contribution in [3.05, 3.63) is 132 Å². The number of ether oxygens (including phenoxy) is 2. The number of aromatic nitrogens is 2. The number of aliphatic imine (C=N–C) groups is 1. The Morgan fingerprint density at radius 3 is 2.53 bits per heavy atom. The van der Waals surface area contributed by atoms with E-state index in [1.54, 1.807) is 0 Å². The van der Waals surface area contributed by atoms with E-state index in [0.717, 1.165) is 45.7 Å². The van der Waals surface area contributed by atoms with Crippen molar-refractivity contribution in [2.75, 3.05) is 0 Å². The normalized spacial score (nSPS) is 17.7. The summed E-state index contributed by atoms with van der Waals surface area (Å²) in [5.41, 5.74) is 5.70. The van der Waals surface area contributed by atoms with Gasteiger partial charge < -0.3 is 9.47 Å². The van der Waals surface area contributed by atoms with Gasteiger partial charge in [-0.05, 0) is 59.7 Å². The third-order valence-corrected chi connectivity index (χ3v) is 7.51. The van der Waals surface area contributed by atoms with Crippen molar-refractivity contribution in [3.63, 3.8) is 0 Å². The van der Waals surface area contributed by atoms with Gasteiger partial charge in [-0.1, -0.05) is 54.6 Å². The van der Waals surface area contributed by atoms with Crippen molar-refractivity contribution in [2.45, 2.75) is 18.6 Å². The highest BCUT2D eigenvalue weighted by Gasteiger charge is 2.39. The summed E-state index contributed by atoms with van der Waals surface area (Å²) in [5, 5.41) is 2.35. The first kappa shape index (κ1) is 21.2. The average Bonchev–Trinajstić information content (AvgIpc) is 3.63. The van der Waals surface area contributed by atoms with E-state index in [0.29, 0.717) is 5.90 Å². The van der Waals surface area contributed by atoms with Crippen molar-refractivity contribution in [1.82, 2.24) is 9.55 Å². The van der Waals surface area contributed by atoms with Gasteiger partial charge in [0.05, 0.1) is 11.0 Å². The van der Waals surface area contributed by atoms with E-state index in [9.17, 15) is 0 Å². The molecule has 5 heteroatoms. The van der Waals surface area contributed by atoms with Crippen LogP contribution in [-0.2, 0) is 11.2 Å². The molecule has 6 aromatic rings. The molecule has 182 valence electrons. The molecule has 5 nitrogen and oxygen atoms in total. The number of benzene rings is 4. The van der Waals surface area contributed by atoms with E-state index in [1.807, 2.05) is 54.7 Å². The lowest BCUT2D eigenvalue weighted by Gasteiger charge is -2.11. The van der Waals surface area contributed by atoms with Gasteiger partial charge >= 0.3 is 0 Å². The van der Waals surface area contributed by atoms with E-state index in [2.05, 4.69) is 70.2 Å². The lowest BCUT2D eigenvalue weighted by Crippen LogP contribution is -2.13. The Hall–Kier alpha value is -4.90. The third kappa shape index (κ3) is 3.32. The number of hydrogen-bond donors (Lipinski definition) is 0. The summed E-state index contributed by atoms with van der Waals surface area (Å²) in [5.74, 6) is 3.06. The number of para-hydroxylation sites is 1. The average molecular weight is 494 g/mol. The van der Waals surface area contributed by atoms with E-state index < -0.39 is 0 Å². The molecule has 2 aliphatic rings. The first-order valence-electron chi connectivity index (χ1n) is 12.9. The largest absolute Gasteiger partial charge is 0.471 e. The molecule has 3 heterocycles. The van der Waals surface area contributed by atoms with Crippen molar-refractivity contribution < 1.29 is 9.47 Å². The zero-order valence-electron chi connectivity index (χ0n) is 20.5. The summed E-state index contributed by atoms with van der Waals surface area (Å²) < 4.78 is 14.9. The fourth-order valence-corrected chi connectivity index (χ4v) is 5.81. The van der Waals surface area contributed by atoms with Crippen LogP contribution in [0.5, 0.6) is 11.5 Å². The van der Waals surface area contributed by atoms with Crippen LogP contribution in [0.3, 0.4) is 0 Å². The molecule has 0 N–H and O–H groups in total. The van der Waals surface area contributed by atoms with Crippen LogP contribution in [0, 0.1) is 0 Å². The molecule has 0 unspecified atom stereocenters. The lowest BCUT2D eigenvalue weighted by molar-refractivity contribution is 0.206. The lowest BCUT2D eigenvalue weighted by atomic mass is 10.1. The number of hydrogen-bond acceptors (Lipinski definition) is 4. The topological polar surface area (TPSA) is 48.6 Å². The maximum atomic E-state index is 6.38. The van der Waals surface area contributed by atoms with Crippen molar-refractivity contribution in [2.24, 2.45) is 4.99 Å². The van der Waals surface area contributed by atoms with Crippen LogP contribution in [0.4, 0.5) is 0 Å². The van der Waals surface area contributed by atoms with E-state index in [-0.39, 0.29) is 12.1 Å². The maximum Gasteiger partial charge on any atom is 0.217 e. The molecular formula is C33H23N3O2. The second-order valence-electron chi connectivity index (χ2n) is 9.79. The molecule has 2 atom stereocenters. The monoisotopic (exact) mass is 493 g/mol. The highest BCUT2D eigenvalue weighted by molar-refractivity contribution is 6.09. The molecule has 38 heavy (non-hydrogen) atoms. The zero-order chi connectivity index (χ0) is 25.1. The minimum atomic E-state index is 0.0710. The summed E-state index contributed by atoms with van der Waals surface area (Å²) in [4.78, 5) is 9.57. The second kappa shape index (κ2) is 8.32. The zero-order valence-corrected chi connectivity index (χ0v) is 20.5. The Bertz CT molecular complexity index is 1870. The van der Waals surface area contributed by atoms with Gasteiger partial charge in [0.1, 0.15) is 29.5 Å². The Balaban J connectivity index is 1.15. The van der Waals surface area contributed by atoms with Gasteiger partial charge in [0.25, 0.3) is 0 Å². The van der Waals surface area contributed by atoms with E-state index in [4.69, 9.17) is 14.5 Å². The predicted octanol–water partition coefficient (Wildman–Crippen LogP) is 7.41. The van der Waals surface area contributed by atoms with Crippen molar-refractivity contribution in [3.8, 4) is 17.3 Å². The molecule has 0 amide bonds. The fraction of sp³-hybridized carbons (Fsp3) is 0.0909. The van der Waals surface area contributed by atoms with Gasteiger partial charge in [-0.2, -0.15) is 0 Å². The quantitative estimate of drug-likeness (QED) is 0.257. The van der Waals surface area contributed by atoms with Gasteiger partial charge in [-0.3, -0.25) is 4.57 Å². The van der Waals surface area contributed by atoms with Crippen LogP contribution in [0.25, 0.3) is 27.6 Å². The summed E-state index contributed by atoms with van der Waals surface area (Å²) in [6, 6.07) is 37.2. The first-order valence-corrected chi connectivity index (χ1v) is 12.9. The highest BCUT2D eigenvalue weighted by atomic mass is 16.5. The summed E-state index contributed by atoms with van der Waals surface area (Å²) in [6.07, 6.45) is 2.79. The molecule has 0 saturated heterocycles. The van der Waals surface area contributed by atoms with Gasteiger partial charge in [0, 0.05) is 35.0 Å². The summed E-state index contributed by atoms with van der Waals surface area (Å²) in [6.45, 7) is 0. The summed E-state index contributed by atoms with van der Waals surface area (Å²) >= 11 is 0. The Kier molecular flexibility index (Phi) is 4.64. The summed E-state index contributed by atoms with van der Waals surface area (Å²) in [7, 11) is 0. The minimum absolute atomic E-state index is 0.0710. The van der Waals surface area contributed by atoms with Crippen molar-refractivity contribution in [1.29, 1.82) is 0 Å². The van der Waals surface area contributed by atoms with Crippen LogP contribution in [0.1, 0.15) is 22.7 Å². The molecule has 0 bridgehead atoms. The maximum absolute atomic E-state index is 6.38. The van der Waals surface area contributed by atoms with E-state index >= 15 is 0 Å². The molecule has 0 saturated carbocycles. The highest BCUT2D eigenvalue weighted by Crippen LogP contribution is 2.41.